The van der Waals surface area contributed by atoms with Crippen LogP contribution < -0.4 is 4.90 Å². The SMILES string of the molecule is CC1CCCCCN1c1ccc(C(F)(F)F)c(C(=O)O)c1. The lowest BCUT2D eigenvalue weighted by molar-refractivity contribution is -0.138. The van der Waals surface area contributed by atoms with E-state index in [1.54, 1.807) is 0 Å². The van der Waals surface area contributed by atoms with Gasteiger partial charge in [0.1, 0.15) is 0 Å². The highest BCUT2D eigenvalue weighted by Crippen LogP contribution is 2.35. The van der Waals surface area contributed by atoms with Crippen LogP contribution >= 0.6 is 0 Å². The fraction of sp³-hybridized carbons (Fsp3) is 0.533. The summed E-state index contributed by atoms with van der Waals surface area (Å²) in [6, 6.07) is 3.59. The number of aromatic carboxylic acids is 1. The van der Waals surface area contributed by atoms with Crippen molar-refractivity contribution in [2.75, 3.05) is 11.4 Å². The van der Waals surface area contributed by atoms with Crippen LogP contribution in [-0.2, 0) is 6.18 Å². The van der Waals surface area contributed by atoms with Crippen molar-refractivity contribution in [1.29, 1.82) is 0 Å². The number of carboxylic acids is 1. The van der Waals surface area contributed by atoms with E-state index in [0.717, 1.165) is 44.4 Å². The second kappa shape index (κ2) is 5.95. The van der Waals surface area contributed by atoms with Crippen molar-refractivity contribution >= 4 is 11.7 Å². The average Bonchev–Trinajstić information content (AvgIpc) is 2.61. The Morgan fingerprint density at radius 3 is 2.62 bits per heavy atom. The fourth-order valence-electron chi connectivity index (χ4n) is 2.79. The Morgan fingerprint density at radius 2 is 2.00 bits per heavy atom. The van der Waals surface area contributed by atoms with E-state index in [2.05, 4.69) is 0 Å². The monoisotopic (exact) mass is 301 g/mol. The van der Waals surface area contributed by atoms with Crippen LogP contribution in [0.3, 0.4) is 0 Å². The molecule has 0 radical (unpaired) electrons. The smallest absolute Gasteiger partial charge is 0.417 e. The number of rotatable bonds is 2. The normalized spacial score (nSPS) is 20.2. The van der Waals surface area contributed by atoms with Gasteiger partial charge in [-0.15, -0.1) is 0 Å². The highest BCUT2D eigenvalue weighted by atomic mass is 19.4. The molecule has 0 aromatic heterocycles. The second-order valence-corrected chi connectivity index (χ2v) is 5.42. The topological polar surface area (TPSA) is 40.5 Å². The van der Waals surface area contributed by atoms with Crippen molar-refractivity contribution in [2.45, 2.75) is 44.8 Å². The van der Waals surface area contributed by atoms with Gasteiger partial charge in [0.15, 0.2) is 0 Å². The van der Waals surface area contributed by atoms with Gasteiger partial charge in [0.2, 0.25) is 0 Å². The van der Waals surface area contributed by atoms with Gasteiger partial charge in [0, 0.05) is 18.3 Å². The van der Waals surface area contributed by atoms with Crippen molar-refractivity contribution in [3.05, 3.63) is 29.3 Å². The van der Waals surface area contributed by atoms with Crippen LogP contribution in [0.4, 0.5) is 18.9 Å². The summed E-state index contributed by atoms with van der Waals surface area (Å²) in [4.78, 5) is 13.1. The van der Waals surface area contributed by atoms with Crippen molar-refractivity contribution in [2.24, 2.45) is 0 Å². The van der Waals surface area contributed by atoms with E-state index in [0.29, 0.717) is 5.69 Å². The number of carboxylic acid groups (broad SMARTS) is 1. The molecular formula is C15H18F3NO2. The molecule has 116 valence electrons. The van der Waals surface area contributed by atoms with Crippen LogP contribution in [0.1, 0.15) is 48.5 Å². The second-order valence-electron chi connectivity index (χ2n) is 5.42. The van der Waals surface area contributed by atoms with Crippen LogP contribution in [-0.4, -0.2) is 23.7 Å². The molecule has 21 heavy (non-hydrogen) atoms. The summed E-state index contributed by atoms with van der Waals surface area (Å²) in [5, 5.41) is 9.05. The molecule has 1 unspecified atom stereocenters. The zero-order valence-corrected chi connectivity index (χ0v) is 11.8. The summed E-state index contributed by atoms with van der Waals surface area (Å²) in [7, 11) is 0. The first-order valence-corrected chi connectivity index (χ1v) is 7.02. The summed E-state index contributed by atoms with van der Waals surface area (Å²) in [5.74, 6) is -1.55. The molecule has 1 aromatic rings. The Kier molecular flexibility index (Phi) is 4.44. The molecule has 1 fully saturated rings. The lowest BCUT2D eigenvalue weighted by Crippen LogP contribution is -2.32. The summed E-state index contributed by atoms with van der Waals surface area (Å²) in [6.45, 7) is 2.76. The molecule has 3 nitrogen and oxygen atoms in total. The molecule has 1 aliphatic rings. The lowest BCUT2D eigenvalue weighted by atomic mass is 10.0. The quantitative estimate of drug-likeness (QED) is 0.891. The molecule has 0 amide bonds. The first-order valence-electron chi connectivity index (χ1n) is 7.02. The molecule has 6 heteroatoms. The molecule has 1 aromatic carbocycles. The maximum Gasteiger partial charge on any atom is 0.417 e. The van der Waals surface area contributed by atoms with Gasteiger partial charge < -0.3 is 10.0 Å². The van der Waals surface area contributed by atoms with Gasteiger partial charge in [0.25, 0.3) is 0 Å². The lowest BCUT2D eigenvalue weighted by Gasteiger charge is -2.30. The van der Waals surface area contributed by atoms with E-state index >= 15 is 0 Å². The Morgan fingerprint density at radius 1 is 1.29 bits per heavy atom. The highest BCUT2D eigenvalue weighted by Gasteiger charge is 2.35. The third-order valence-electron chi connectivity index (χ3n) is 3.92. The number of hydrogen-bond donors (Lipinski definition) is 1. The van der Waals surface area contributed by atoms with Gasteiger partial charge in [-0.05, 0) is 38.0 Å². The molecule has 1 atom stereocenters. The third-order valence-corrected chi connectivity index (χ3v) is 3.92. The zero-order valence-electron chi connectivity index (χ0n) is 11.8. The first kappa shape index (κ1) is 15.7. The van der Waals surface area contributed by atoms with Gasteiger partial charge in [-0.1, -0.05) is 12.8 Å². The molecule has 0 aliphatic carbocycles. The predicted molar refractivity (Wildman–Crippen MR) is 73.7 cm³/mol. The Balaban J connectivity index is 2.42. The number of benzene rings is 1. The molecular weight excluding hydrogens is 283 g/mol. The highest BCUT2D eigenvalue weighted by molar-refractivity contribution is 5.91. The molecule has 1 N–H and O–H groups in total. The van der Waals surface area contributed by atoms with Gasteiger partial charge in [-0.25, -0.2) is 4.79 Å². The molecule has 2 rings (SSSR count). The number of alkyl halides is 3. The van der Waals surface area contributed by atoms with E-state index in [4.69, 9.17) is 5.11 Å². The van der Waals surface area contributed by atoms with E-state index in [9.17, 15) is 18.0 Å². The van der Waals surface area contributed by atoms with Crippen LogP contribution in [0, 0.1) is 0 Å². The van der Waals surface area contributed by atoms with Gasteiger partial charge >= 0.3 is 12.1 Å². The maximum absolute atomic E-state index is 12.8. The minimum absolute atomic E-state index is 0.200. The molecule has 0 spiro atoms. The maximum atomic E-state index is 12.8. The zero-order chi connectivity index (χ0) is 15.6. The van der Waals surface area contributed by atoms with E-state index < -0.39 is 23.3 Å². The Bertz CT molecular complexity index is 528. The van der Waals surface area contributed by atoms with Crippen LogP contribution in [0.25, 0.3) is 0 Å². The Labute approximate surface area is 121 Å². The first-order chi connectivity index (χ1) is 9.80. The number of carbonyl (C=O) groups is 1. The van der Waals surface area contributed by atoms with Crippen molar-refractivity contribution < 1.29 is 23.1 Å². The molecule has 0 saturated carbocycles. The number of anilines is 1. The molecule has 0 bridgehead atoms. The van der Waals surface area contributed by atoms with Gasteiger partial charge in [-0.2, -0.15) is 13.2 Å². The summed E-state index contributed by atoms with van der Waals surface area (Å²) >= 11 is 0. The minimum Gasteiger partial charge on any atom is -0.478 e. The number of nitrogens with zero attached hydrogens (tertiary/aromatic N) is 1. The summed E-state index contributed by atoms with van der Waals surface area (Å²) in [6.07, 6.45) is -0.550. The molecule has 1 saturated heterocycles. The van der Waals surface area contributed by atoms with Crippen LogP contribution in [0.15, 0.2) is 18.2 Å². The van der Waals surface area contributed by atoms with Crippen molar-refractivity contribution in [3.8, 4) is 0 Å². The number of halogens is 3. The van der Waals surface area contributed by atoms with Crippen LogP contribution in [0.2, 0.25) is 0 Å². The van der Waals surface area contributed by atoms with Gasteiger partial charge in [-0.3, -0.25) is 0 Å². The Hall–Kier alpha value is -1.72. The minimum atomic E-state index is -4.66. The van der Waals surface area contributed by atoms with E-state index in [1.165, 1.54) is 6.07 Å². The van der Waals surface area contributed by atoms with E-state index in [-0.39, 0.29) is 6.04 Å². The van der Waals surface area contributed by atoms with Crippen LogP contribution in [0.5, 0.6) is 0 Å². The largest absolute Gasteiger partial charge is 0.478 e. The summed E-state index contributed by atoms with van der Waals surface area (Å²) in [5.41, 5.74) is -1.23. The fourth-order valence-corrected chi connectivity index (χ4v) is 2.79. The van der Waals surface area contributed by atoms with Gasteiger partial charge in [0.05, 0.1) is 11.1 Å². The van der Waals surface area contributed by atoms with Crippen molar-refractivity contribution in [1.82, 2.24) is 0 Å². The predicted octanol–water partition coefficient (Wildman–Crippen LogP) is 4.17. The standard InChI is InChI=1S/C15H18F3NO2/c1-10-5-3-2-4-8-19(10)11-6-7-13(15(16,17)18)12(9-11)14(20)21/h6-7,9-10H,2-5,8H2,1H3,(H,20,21). The summed E-state index contributed by atoms with van der Waals surface area (Å²) < 4.78 is 38.5. The molecule has 1 heterocycles. The third kappa shape index (κ3) is 3.49. The average molecular weight is 301 g/mol. The molecule has 1 aliphatic heterocycles. The van der Waals surface area contributed by atoms with E-state index in [1.807, 2.05) is 11.8 Å². The number of hydrogen-bond acceptors (Lipinski definition) is 2. The van der Waals surface area contributed by atoms with Crippen molar-refractivity contribution in [3.63, 3.8) is 0 Å².